The zero-order valence-electron chi connectivity index (χ0n) is 13.2. The van der Waals surface area contributed by atoms with E-state index >= 15 is 0 Å². The molecule has 0 spiro atoms. The highest BCUT2D eigenvalue weighted by Gasteiger charge is 2.33. The number of halogens is 3. The minimum Gasteiger partial charge on any atom is -0.338 e. The SMILES string of the molecule is O=C(c1ccc(C(F)(F)F)[nH]c1=O)N1CCC(NCC2CC2)CC1. The Morgan fingerprint density at radius 2 is 1.88 bits per heavy atom. The minimum absolute atomic E-state index is 0.243. The van der Waals surface area contributed by atoms with E-state index in [-0.39, 0.29) is 5.56 Å². The summed E-state index contributed by atoms with van der Waals surface area (Å²) >= 11 is 0. The monoisotopic (exact) mass is 343 g/mol. The van der Waals surface area contributed by atoms with Crippen molar-refractivity contribution in [3.8, 4) is 0 Å². The van der Waals surface area contributed by atoms with Crippen molar-refractivity contribution in [2.45, 2.75) is 37.9 Å². The van der Waals surface area contributed by atoms with Gasteiger partial charge in [0, 0.05) is 19.1 Å². The number of hydrogen-bond donors (Lipinski definition) is 2. The largest absolute Gasteiger partial charge is 0.431 e. The molecule has 0 unspecified atom stereocenters. The van der Waals surface area contributed by atoms with Gasteiger partial charge in [0.15, 0.2) is 0 Å². The molecule has 2 heterocycles. The first kappa shape index (κ1) is 17.0. The summed E-state index contributed by atoms with van der Waals surface area (Å²) in [4.78, 5) is 27.5. The Kier molecular flexibility index (Phi) is 4.67. The van der Waals surface area contributed by atoms with Gasteiger partial charge in [0.1, 0.15) is 11.3 Å². The second-order valence-corrected chi connectivity index (χ2v) is 6.53. The highest BCUT2D eigenvalue weighted by Crippen LogP contribution is 2.28. The van der Waals surface area contributed by atoms with Gasteiger partial charge < -0.3 is 15.2 Å². The van der Waals surface area contributed by atoms with Crippen molar-refractivity contribution in [1.29, 1.82) is 0 Å². The first-order valence-electron chi connectivity index (χ1n) is 8.18. The van der Waals surface area contributed by atoms with Gasteiger partial charge in [-0.3, -0.25) is 9.59 Å². The number of hydrogen-bond acceptors (Lipinski definition) is 3. The molecule has 1 aliphatic heterocycles. The number of nitrogens with zero attached hydrogens (tertiary/aromatic N) is 1. The molecule has 5 nitrogen and oxygen atoms in total. The molecule has 0 bridgehead atoms. The molecule has 0 atom stereocenters. The highest BCUT2D eigenvalue weighted by molar-refractivity contribution is 5.93. The van der Waals surface area contributed by atoms with Gasteiger partial charge in [0.05, 0.1) is 0 Å². The average molecular weight is 343 g/mol. The zero-order valence-corrected chi connectivity index (χ0v) is 13.2. The molecule has 1 amide bonds. The lowest BCUT2D eigenvalue weighted by molar-refractivity contribution is -0.141. The Morgan fingerprint density at radius 1 is 1.21 bits per heavy atom. The summed E-state index contributed by atoms with van der Waals surface area (Å²) in [7, 11) is 0. The predicted molar refractivity (Wildman–Crippen MR) is 81.7 cm³/mol. The second-order valence-electron chi connectivity index (χ2n) is 6.53. The van der Waals surface area contributed by atoms with Crippen molar-refractivity contribution in [2.24, 2.45) is 5.92 Å². The summed E-state index contributed by atoms with van der Waals surface area (Å²) in [5, 5.41) is 3.49. The van der Waals surface area contributed by atoms with E-state index in [0.717, 1.165) is 37.4 Å². The van der Waals surface area contributed by atoms with Gasteiger partial charge >= 0.3 is 6.18 Å². The molecule has 2 aliphatic rings. The predicted octanol–water partition coefficient (Wildman–Crippen LogP) is 2.00. The van der Waals surface area contributed by atoms with Gasteiger partial charge in [0.2, 0.25) is 0 Å². The number of carbonyl (C=O) groups is 1. The van der Waals surface area contributed by atoms with Gasteiger partial charge in [-0.2, -0.15) is 13.2 Å². The highest BCUT2D eigenvalue weighted by atomic mass is 19.4. The normalized spacial score (nSPS) is 19.5. The summed E-state index contributed by atoms with van der Waals surface area (Å²) in [6.07, 6.45) is -0.498. The number of aromatic nitrogens is 1. The lowest BCUT2D eigenvalue weighted by Gasteiger charge is -2.32. The maximum Gasteiger partial charge on any atom is 0.431 e. The molecule has 1 aromatic heterocycles. The third-order valence-corrected chi connectivity index (χ3v) is 4.62. The van der Waals surface area contributed by atoms with Crippen molar-refractivity contribution in [3.05, 3.63) is 33.7 Å². The number of aromatic amines is 1. The molecule has 0 radical (unpaired) electrons. The van der Waals surface area contributed by atoms with Crippen LogP contribution in [0.4, 0.5) is 13.2 Å². The molecule has 1 aromatic rings. The van der Waals surface area contributed by atoms with E-state index in [9.17, 15) is 22.8 Å². The fourth-order valence-electron chi connectivity index (χ4n) is 2.92. The Morgan fingerprint density at radius 3 is 2.42 bits per heavy atom. The number of H-pyrrole nitrogens is 1. The lowest BCUT2D eigenvalue weighted by Crippen LogP contribution is -2.46. The van der Waals surface area contributed by atoms with Crippen LogP contribution < -0.4 is 10.9 Å². The molecule has 1 saturated carbocycles. The molecule has 0 aromatic carbocycles. The van der Waals surface area contributed by atoms with Crippen LogP contribution in [0.15, 0.2) is 16.9 Å². The van der Waals surface area contributed by atoms with E-state index in [4.69, 9.17) is 0 Å². The van der Waals surface area contributed by atoms with Crippen LogP contribution in [-0.4, -0.2) is 41.5 Å². The minimum atomic E-state index is -4.63. The standard InChI is InChI=1S/C16H20F3N3O2/c17-16(18,19)13-4-3-12(14(23)21-13)15(24)22-7-5-11(6-8-22)20-9-10-1-2-10/h3-4,10-11,20H,1-2,5-9H2,(H,21,23). The number of carbonyl (C=O) groups excluding carboxylic acids is 1. The van der Waals surface area contributed by atoms with Crippen molar-refractivity contribution < 1.29 is 18.0 Å². The molecule has 1 aliphatic carbocycles. The van der Waals surface area contributed by atoms with E-state index in [1.165, 1.54) is 17.7 Å². The molecule has 1 saturated heterocycles. The fraction of sp³-hybridized carbons (Fsp3) is 0.625. The quantitative estimate of drug-likeness (QED) is 0.879. The van der Waals surface area contributed by atoms with Crippen LogP contribution in [0.3, 0.4) is 0 Å². The summed E-state index contributed by atoms with van der Waals surface area (Å²) in [5.74, 6) is 0.279. The van der Waals surface area contributed by atoms with Crippen molar-refractivity contribution in [2.75, 3.05) is 19.6 Å². The van der Waals surface area contributed by atoms with Gasteiger partial charge in [-0.05, 0) is 50.3 Å². The number of pyridine rings is 1. The zero-order chi connectivity index (χ0) is 17.3. The van der Waals surface area contributed by atoms with Gasteiger partial charge in [-0.1, -0.05) is 0 Å². The van der Waals surface area contributed by atoms with Crippen LogP contribution in [0.1, 0.15) is 41.7 Å². The topological polar surface area (TPSA) is 65.2 Å². The average Bonchev–Trinajstić information content (AvgIpc) is 3.36. The maximum atomic E-state index is 12.6. The molecular formula is C16H20F3N3O2. The van der Waals surface area contributed by atoms with E-state index in [0.29, 0.717) is 19.1 Å². The first-order chi connectivity index (χ1) is 11.3. The van der Waals surface area contributed by atoms with E-state index in [1.807, 2.05) is 0 Å². The Labute approximate surface area is 137 Å². The molecule has 24 heavy (non-hydrogen) atoms. The molecule has 132 valence electrons. The van der Waals surface area contributed by atoms with Crippen LogP contribution >= 0.6 is 0 Å². The van der Waals surface area contributed by atoms with Crippen LogP contribution in [0.5, 0.6) is 0 Å². The van der Waals surface area contributed by atoms with E-state index in [1.54, 1.807) is 4.98 Å². The number of alkyl halides is 3. The molecule has 3 rings (SSSR count). The summed E-state index contributed by atoms with van der Waals surface area (Å²) in [6.45, 7) is 2.01. The van der Waals surface area contributed by atoms with Gasteiger partial charge in [-0.15, -0.1) is 0 Å². The smallest absolute Gasteiger partial charge is 0.338 e. The van der Waals surface area contributed by atoms with Crippen molar-refractivity contribution >= 4 is 5.91 Å². The Hall–Kier alpha value is -1.83. The molecule has 8 heteroatoms. The molecule has 2 N–H and O–H groups in total. The lowest BCUT2D eigenvalue weighted by atomic mass is 10.0. The Balaban J connectivity index is 1.59. The number of piperidine rings is 1. The third kappa shape index (κ3) is 3.98. The number of likely N-dealkylation sites (tertiary alicyclic amines) is 1. The third-order valence-electron chi connectivity index (χ3n) is 4.62. The number of rotatable bonds is 4. The summed E-state index contributed by atoms with van der Waals surface area (Å²) in [5.41, 5.74) is -2.39. The van der Waals surface area contributed by atoms with Crippen molar-refractivity contribution in [3.63, 3.8) is 0 Å². The van der Waals surface area contributed by atoms with Crippen LogP contribution in [0.25, 0.3) is 0 Å². The number of nitrogens with one attached hydrogen (secondary N) is 2. The number of amides is 1. The summed E-state index contributed by atoms with van der Waals surface area (Å²) in [6, 6.07) is 2.06. The van der Waals surface area contributed by atoms with E-state index < -0.39 is 23.3 Å². The van der Waals surface area contributed by atoms with Crippen LogP contribution in [0.2, 0.25) is 0 Å². The first-order valence-corrected chi connectivity index (χ1v) is 8.18. The second kappa shape index (κ2) is 6.58. The van der Waals surface area contributed by atoms with Crippen LogP contribution in [-0.2, 0) is 6.18 Å². The maximum absolute atomic E-state index is 12.6. The molecular weight excluding hydrogens is 323 g/mol. The van der Waals surface area contributed by atoms with Gasteiger partial charge in [0.25, 0.3) is 11.5 Å². The Bertz CT molecular complexity index is 659. The molecule has 2 fully saturated rings. The summed E-state index contributed by atoms with van der Waals surface area (Å²) < 4.78 is 37.7. The van der Waals surface area contributed by atoms with E-state index in [2.05, 4.69) is 5.32 Å². The fourth-order valence-corrected chi connectivity index (χ4v) is 2.92. The van der Waals surface area contributed by atoms with Crippen molar-refractivity contribution in [1.82, 2.24) is 15.2 Å². The van der Waals surface area contributed by atoms with Gasteiger partial charge in [-0.25, -0.2) is 0 Å². The van der Waals surface area contributed by atoms with Crippen LogP contribution in [0, 0.1) is 5.92 Å².